The number of rotatable bonds is 6. The lowest BCUT2D eigenvalue weighted by Crippen LogP contribution is -2.33. The van der Waals surface area contributed by atoms with Crippen molar-refractivity contribution in [2.24, 2.45) is 5.92 Å². The summed E-state index contributed by atoms with van der Waals surface area (Å²) in [5.74, 6) is 1.21. The van der Waals surface area contributed by atoms with E-state index in [4.69, 9.17) is 4.74 Å². The fourth-order valence-electron chi connectivity index (χ4n) is 1.94. The van der Waals surface area contributed by atoms with Gasteiger partial charge in [0.25, 0.3) is 5.91 Å². The maximum atomic E-state index is 12.4. The van der Waals surface area contributed by atoms with Gasteiger partial charge in [0.2, 0.25) is 0 Å². The molecule has 0 unspecified atom stereocenters. The van der Waals surface area contributed by atoms with Gasteiger partial charge in [-0.15, -0.1) is 11.3 Å². The minimum absolute atomic E-state index is 0.0527. The average Bonchev–Trinajstić information content (AvgIpc) is 3.01. The molecule has 124 valence electrons. The van der Waals surface area contributed by atoms with Crippen molar-refractivity contribution in [1.29, 1.82) is 0 Å². The number of nitrogens with zero attached hydrogens (tertiary/aromatic N) is 2. The van der Waals surface area contributed by atoms with Crippen molar-refractivity contribution in [3.8, 4) is 16.3 Å². The third-order valence-corrected chi connectivity index (χ3v) is 4.38. The van der Waals surface area contributed by atoms with E-state index >= 15 is 0 Å². The highest BCUT2D eigenvalue weighted by molar-refractivity contribution is 7.13. The molecular formula is C18H24N2O2S. The number of thiazole rings is 1. The van der Waals surface area contributed by atoms with E-state index in [2.05, 4.69) is 18.8 Å². The van der Waals surface area contributed by atoms with Crippen molar-refractivity contribution in [2.45, 2.75) is 33.7 Å². The maximum absolute atomic E-state index is 12.4. The molecule has 0 atom stereocenters. The largest absolute Gasteiger partial charge is 0.493 e. The van der Waals surface area contributed by atoms with Crippen LogP contribution in [0.1, 0.15) is 38.2 Å². The first-order valence-corrected chi connectivity index (χ1v) is 8.73. The number of amides is 1. The molecule has 0 saturated heterocycles. The Morgan fingerprint density at radius 2 is 1.96 bits per heavy atom. The lowest BCUT2D eigenvalue weighted by Gasteiger charge is -2.20. The molecule has 0 radical (unpaired) electrons. The molecule has 0 aliphatic heterocycles. The summed E-state index contributed by atoms with van der Waals surface area (Å²) in [4.78, 5) is 18.6. The zero-order valence-electron chi connectivity index (χ0n) is 14.4. The van der Waals surface area contributed by atoms with Crippen LogP contribution in [0.4, 0.5) is 0 Å². The monoisotopic (exact) mass is 332 g/mol. The van der Waals surface area contributed by atoms with Crippen LogP contribution in [0.25, 0.3) is 10.6 Å². The Hall–Kier alpha value is -1.88. The van der Waals surface area contributed by atoms with Gasteiger partial charge >= 0.3 is 0 Å². The Morgan fingerprint density at radius 3 is 2.61 bits per heavy atom. The second-order valence-electron chi connectivity index (χ2n) is 6.25. The molecule has 2 rings (SSSR count). The van der Waals surface area contributed by atoms with Gasteiger partial charge in [-0.25, -0.2) is 4.98 Å². The van der Waals surface area contributed by atoms with Gasteiger partial charge in [0, 0.05) is 18.5 Å². The minimum Gasteiger partial charge on any atom is -0.493 e. The molecule has 0 aliphatic carbocycles. The molecule has 1 heterocycles. The van der Waals surface area contributed by atoms with Gasteiger partial charge < -0.3 is 9.64 Å². The zero-order valence-corrected chi connectivity index (χ0v) is 15.2. The fraction of sp³-hybridized carbons (Fsp3) is 0.444. The van der Waals surface area contributed by atoms with Gasteiger partial charge in [0.1, 0.15) is 16.5 Å². The topological polar surface area (TPSA) is 42.4 Å². The van der Waals surface area contributed by atoms with E-state index in [0.29, 0.717) is 18.2 Å². The summed E-state index contributed by atoms with van der Waals surface area (Å²) in [7, 11) is 1.80. The van der Waals surface area contributed by atoms with E-state index < -0.39 is 0 Å². The third kappa shape index (κ3) is 4.32. The lowest BCUT2D eigenvalue weighted by atomic mass is 10.2. The van der Waals surface area contributed by atoms with Gasteiger partial charge in [0.15, 0.2) is 0 Å². The molecule has 1 aromatic heterocycles. The molecular weight excluding hydrogens is 308 g/mol. The Balaban J connectivity index is 2.25. The van der Waals surface area contributed by atoms with Crippen molar-refractivity contribution in [2.75, 3.05) is 13.7 Å². The molecule has 0 spiro atoms. The van der Waals surface area contributed by atoms with Crippen molar-refractivity contribution >= 4 is 17.2 Å². The van der Waals surface area contributed by atoms with Gasteiger partial charge in [-0.3, -0.25) is 4.79 Å². The van der Waals surface area contributed by atoms with E-state index in [0.717, 1.165) is 16.3 Å². The van der Waals surface area contributed by atoms with E-state index in [9.17, 15) is 4.79 Å². The smallest absolute Gasteiger partial charge is 0.273 e. The SMILES string of the molecule is CC(C)COc1ccccc1-c1nc(C(=O)N(C)C(C)C)cs1. The van der Waals surface area contributed by atoms with Crippen LogP contribution in [0.2, 0.25) is 0 Å². The van der Waals surface area contributed by atoms with E-state index in [1.54, 1.807) is 11.9 Å². The molecule has 4 nitrogen and oxygen atoms in total. The first kappa shape index (κ1) is 17.5. The van der Waals surface area contributed by atoms with Crippen LogP contribution in [0.3, 0.4) is 0 Å². The number of para-hydroxylation sites is 1. The molecule has 5 heteroatoms. The standard InChI is InChI=1S/C18H24N2O2S/c1-12(2)10-22-16-9-7-6-8-14(16)17-19-15(11-23-17)18(21)20(5)13(3)4/h6-9,11-13H,10H2,1-5H3. The van der Waals surface area contributed by atoms with Crippen LogP contribution in [0, 0.1) is 5.92 Å². The normalized spacial score (nSPS) is 11.1. The van der Waals surface area contributed by atoms with E-state index in [1.807, 2.05) is 43.5 Å². The van der Waals surface area contributed by atoms with Gasteiger partial charge in [-0.1, -0.05) is 26.0 Å². The number of ether oxygens (including phenoxy) is 1. The number of aromatic nitrogens is 1. The number of hydrogen-bond acceptors (Lipinski definition) is 4. The minimum atomic E-state index is -0.0527. The summed E-state index contributed by atoms with van der Waals surface area (Å²) in [6, 6.07) is 7.98. The number of benzene rings is 1. The number of hydrogen-bond donors (Lipinski definition) is 0. The summed E-state index contributed by atoms with van der Waals surface area (Å²) in [5.41, 5.74) is 1.42. The fourth-order valence-corrected chi connectivity index (χ4v) is 2.76. The summed E-state index contributed by atoms with van der Waals surface area (Å²) < 4.78 is 5.88. The third-order valence-electron chi connectivity index (χ3n) is 3.51. The summed E-state index contributed by atoms with van der Waals surface area (Å²) in [6.07, 6.45) is 0. The van der Waals surface area contributed by atoms with Crippen molar-refractivity contribution in [3.63, 3.8) is 0 Å². The highest BCUT2D eigenvalue weighted by atomic mass is 32.1. The van der Waals surface area contributed by atoms with Gasteiger partial charge in [0.05, 0.1) is 12.2 Å². The Kier molecular flexibility index (Phi) is 5.77. The highest BCUT2D eigenvalue weighted by Crippen LogP contribution is 2.32. The predicted octanol–water partition coefficient (Wildman–Crippen LogP) is 4.33. The molecule has 2 aromatic rings. The molecule has 0 bridgehead atoms. The molecule has 0 N–H and O–H groups in total. The van der Waals surface area contributed by atoms with Crippen molar-refractivity contribution in [3.05, 3.63) is 35.3 Å². The van der Waals surface area contributed by atoms with Crippen LogP contribution in [-0.4, -0.2) is 35.5 Å². The molecule has 0 fully saturated rings. The maximum Gasteiger partial charge on any atom is 0.273 e. The zero-order chi connectivity index (χ0) is 17.0. The van der Waals surface area contributed by atoms with Crippen molar-refractivity contribution < 1.29 is 9.53 Å². The quantitative estimate of drug-likeness (QED) is 0.791. The molecule has 1 aromatic carbocycles. The second kappa shape index (κ2) is 7.59. The van der Waals surface area contributed by atoms with Gasteiger partial charge in [-0.05, 0) is 31.9 Å². The summed E-state index contributed by atoms with van der Waals surface area (Å²) in [5, 5.41) is 2.63. The molecule has 0 aliphatic rings. The van der Waals surface area contributed by atoms with Crippen molar-refractivity contribution in [1.82, 2.24) is 9.88 Å². The van der Waals surface area contributed by atoms with Crippen LogP contribution >= 0.6 is 11.3 Å². The first-order chi connectivity index (χ1) is 10.9. The lowest BCUT2D eigenvalue weighted by molar-refractivity contribution is 0.0750. The predicted molar refractivity (Wildman–Crippen MR) is 95.1 cm³/mol. The first-order valence-electron chi connectivity index (χ1n) is 7.85. The van der Waals surface area contributed by atoms with Crippen LogP contribution in [0.15, 0.2) is 29.6 Å². The molecule has 0 saturated carbocycles. The molecule has 23 heavy (non-hydrogen) atoms. The number of carbonyl (C=O) groups is 1. The highest BCUT2D eigenvalue weighted by Gasteiger charge is 2.19. The Labute approximate surface area is 142 Å². The number of carbonyl (C=O) groups excluding carboxylic acids is 1. The Morgan fingerprint density at radius 1 is 1.26 bits per heavy atom. The van der Waals surface area contributed by atoms with Crippen LogP contribution in [-0.2, 0) is 0 Å². The van der Waals surface area contributed by atoms with E-state index in [-0.39, 0.29) is 11.9 Å². The average molecular weight is 332 g/mol. The molecule has 1 amide bonds. The Bertz CT molecular complexity index is 665. The van der Waals surface area contributed by atoms with Crippen LogP contribution < -0.4 is 4.74 Å². The summed E-state index contributed by atoms with van der Waals surface area (Å²) >= 11 is 1.47. The van der Waals surface area contributed by atoms with Crippen LogP contribution in [0.5, 0.6) is 5.75 Å². The summed E-state index contributed by atoms with van der Waals surface area (Å²) in [6.45, 7) is 8.86. The van der Waals surface area contributed by atoms with Gasteiger partial charge in [-0.2, -0.15) is 0 Å². The van der Waals surface area contributed by atoms with E-state index in [1.165, 1.54) is 11.3 Å². The second-order valence-corrected chi connectivity index (χ2v) is 7.11.